The van der Waals surface area contributed by atoms with Crippen LogP contribution >= 0.6 is 0 Å². The molecule has 0 saturated heterocycles. The van der Waals surface area contributed by atoms with Gasteiger partial charge in [0.15, 0.2) is 0 Å². The standard InChI is InChI=1S/C6H9FN2O/c1-5-4-6(7)9(8-5)2-3-10/h4,10H,2-3H2,1H3. The lowest BCUT2D eigenvalue weighted by Crippen LogP contribution is -2.06. The van der Waals surface area contributed by atoms with E-state index in [1.807, 2.05) is 0 Å². The molecule has 0 aliphatic rings. The second kappa shape index (κ2) is 2.79. The van der Waals surface area contributed by atoms with E-state index in [2.05, 4.69) is 5.10 Å². The van der Waals surface area contributed by atoms with E-state index in [0.29, 0.717) is 5.69 Å². The molecule has 0 amide bonds. The van der Waals surface area contributed by atoms with Crippen molar-refractivity contribution in [3.05, 3.63) is 17.7 Å². The number of rotatable bonds is 2. The first-order valence-electron chi connectivity index (χ1n) is 3.05. The fraction of sp³-hybridized carbons (Fsp3) is 0.500. The van der Waals surface area contributed by atoms with E-state index >= 15 is 0 Å². The molecule has 1 aromatic heterocycles. The van der Waals surface area contributed by atoms with Gasteiger partial charge in [0.1, 0.15) is 0 Å². The summed E-state index contributed by atoms with van der Waals surface area (Å²) in [4.78, 5) is 0. The first-order chi connectivity index (χ1) is 4.74. The molecule has 1 rings (SSSR count). The van der Waals surface area contributed by atoms with Gasteiger partial charge < -0.3 is 5.11 Å². The molecule has 1 N–H and O–H groups in total. The van der Waals surface area contributed by atoms with Crippen molar-refractivity contribution in [2.24, 2.45) is 0 Å². The van der Waals surface area contributed by atoms with Crippen molar-refractivity contribution in [1.29, 1.82) is 0 Å². The molecule has 0 aliphatic heterocycles. The monoisotopic (exact) mass is 144 g/mol. The maximum absolute atomic E-state index is 12.6. The summed E-state index contributed by atoms with van der Waals surface area (Å²) in [5.41, 5.74) is 0.631. The molecule has 0 aromatic carbocycles. The molecule has 0 radical (unpaired) electrons. The summed E-state index contributed by atoms with van der Waals surface area (Å²) in [7, 11) is 0. The highest BCUT2D eigenvalue weighted by Crippen LogP contribution is 1.99. The summed E-state index contributed by atoms with van der Waals surface area (Å²) in [6.45, 7) is 1.84. The van der Waals surface area contributed by atoms with Crippen LogP contribution in [0.3, 0.4) is 0 Å². The minimum atomic E-state index is -0.397. The molecule has 1 heterocycles. The highest BCUT2D eigenvalue weighted by molar-refractivity contribution is 4.97. The predicted octanol–water partition coefficient (Wildman–Crippen LogP) is 0.323. The molecular formula is C6H9FN2O. The van der Waals surface area contributed by atoms with Crippen LogP contribution in [0, 0.1) is 12.9 Å². The summed E-state index contributed by atoms with van der Waals surface area (Å²) < 4.78 is 13.7. The molecule has 56 valence electrons. The van der Waals surface area contributed by atoms with E-state index in [9.17, 15) is 4.39 Å². The first kappa shape index (κ1) is 7.21. The maximum atomic E-state index is 12.6. The van der Waals surface area contributed by atoms with E-state index in [-0.39, 0.29) is 13.2 Å². The number of aryl methyl sites for hydroxylation is 1. The molecule has 0 saturated carbocycles. The van der Waals surface area contributed by atoms with E-state index in [1.54, 1.807) is 6.92 Å². The Morgan fingerprint density at radius 1 is 1.80 bits per heavy atom. The summed E-state index contributed by atoms with van der Waals surface area (Å²) in [5, 5.41) is 12.2. The third kappa shape index (κ3) is 1.33. The lowest BCUT2D eigenvalue weighted by molar-refractivity contribution is 0.258. The Balaban J connectivity index is 2.81. The molecular weight excluding hydrogens is 135 g/mol. The van der Waals surface area contributed by atoms with Gasteiger partial charge in [-0.15, -0.1) is 0 Å². The van der Waals surface area contributed by atoms with Crippen molar-refractivity contribution in [3.8, 4) is 0 Å². The Morgan fingerprint density at radius 3 is 2.90 bits per heavy atom. The SMILES string of the molecule is Cc1cc(F)n(CCO)n1. The van der Waals surface area contributed by atoms with Crippen LogP contribution in [0.2, 0.25) is 0 Å². The summed E-state index contributed by atoms with van der Waals surface area (Å²) in [5.74, 6) is -0.397. The van der Waals surface area contributed by atoms with E-state index in [0.717, 1.165) is 4.68 Å². The van der Waals surface area contributed by atoms with Gasteiger partial charge >= 0.3 is 0 Å². The van der Waals surface area contributed by atoms with Crippen molar-refractivity contribution >= 4 is 0 Å². The lowest BCUT2D eigenvalue weighted by Gasteiger charge is -1.95. The highest BCUT2D eigenvalue weighted by atomic mass is 19.1. The average Bonchev–Trinajstić information content (AvgIpc) is 2.13. The second-order valence-corrected chi connectivity index (χ2v) is 2.06. The fourth-order valence-corrected chi connectivity index (χ4v) is 0.765. The van der Waals surface area contributed by atoms with E-state index < -0.39 is 5.95 Å². The quantitative estimate of drug-likeness (QED) is 0.649. The van der Waals surface area contributed by atoms with Crippen LogP contribution in [-0.2, 0) is 6.54 Å². The highest BCUT2D eigenvalue weighted by Gasteiger charge is 2.01. The Morgan fingerprint density at radius 2 is 2.50 bits per heavy atom. The smallest absolute Gasteiger partial charge is 0.211 e. The first-order valence-corrected chi connectivity index (χ1v) is 3.05. The van der Waals surface area contributed by atoms with Gasteiger partial charge in [-0.3, -0.25) is 0 Å². The number of nitrogens with zero attached hydrogens (tertiary/aromatic N) is 2. The van der Waals surface area contributed by atoms with Crippen molar-refractivity contribution in [3.63, 3.8) is 0 Å². The molecule has 0 bridgehead atoms. The zero-order valence-corrected chi connectivity index (χ0v) is 5.71. The number of aliphatic hydroxyl groups excluding tert-OH is 1. The number of hydrogen-bond acceptors (Lipinski definition) is 2. The summed E-state index contributed by atoms with van der Waals surface area (Å²) >= 11 is 0. The fourth-order valence-electron chi connectivity index (χ4n) is 0.765. The largest absolute Gasteiger partial charge is 0.394 e. The van der Waals surface area contributed by atoms with Crippen molar-refractivity contribution in [2.45, 2.75) is 13.5 Å². The topological polar surface area (TPSA) is 38.0 Å². The van der Waals surface area contributed by atoms with Gasteiger partial charge in [-0.05, 0) is 6.92 Å². The third-order valence-electron chi connectivity index (χ3n) is 1.16. The van der Waals surface area contributed by atoms with E-state index in [4.69, 9.17) is 5.11 Å². The van der Waals surface area contributed by atoms with Gasteiger partial charge in [0.2, 0.25) is 5.95 Å². The number of aromatic nitrogens is 2. The third-order valence-corrected chi connectivity index (χ3v) is 1.16. The van der Waals surface area contributed by atoms with E-state index in [1.165, 1.54) is 6.07 Å². The number of aliphatic hydroxyl groups is 1. The van der Waals surface area contributed by atoms with Gasteiger partial charge in [-0.2, -0.15) is 9.49 Å². The molecule has 0 unspecified atom stereocenters. The Labute approximate surface area is 58.1 Å². The van der Waals surface area contributed by atoms with Crippen LogP contribution in [0.15, 0.2) is 6.07 Å². The van der Waals surface area contributed by atoms with Crippen molar-refractivity contribution < 1.29 is 9.50 Å². The molecule has 0 atom stereocenters. The van der Waals surface area contributed by atoms with Gasteiger partial charge in [-0.25, -0.2) is 4.68 Å². The molecule has 0 fully saturated rings. The Hall–Kier alpha value is -0.900. The minimum Gasteiger partial charge on any atom is -0.394 e. The number of hydrogen-bond donors (Lipinski definition) is 1. The molecule has 0 aliphatic carbocycles. The average molecular weight is 144 g/mol. The van der Waals surface area contributed by atoms with Crippen LogP contribution < -0.4 is 0 Å². The van der Waals surface area contributed by atoms with Crippen LogP contribution in [-0.4, -0.2) is 21.5 Å². The van der Waals surface area contributed by atoms with Crippen molar-refractivity contribution in [2.75, 3.05) is 6.61 Å². The summed E-state index contributed by atoms with van der Waals surface area (Å²) in [6, 6.07) is 1.33. The second-order valence-electron chi connectivity index (χ2n) is 2.06. The van der Waals surface area contributed by atoms with Crippen LogP contribution in [0.1, 0.15) is 5.69 Å². The van der Waals surface area contributed by atoms with Gasteiger partial charge in [0, 0.05) is 6.07 Å². The molecule has 10 heavy (non-hydrogen) atoms. The van der Waals surface area contributed by atoms with Crippen LogP contribution in [0.4, 0.5) is 4.39 Å². The molecule has 1 aromatic rings. The van der Waals surface area contributed by atoms with Crippen molar-refractivity contribution in [1.82, 2.24) is 9.78 Å². The molecule has 0 spiro atoms. The zero-order valence-electron chi connectivity index (χ0n) is 5.71. The maximum Gasteiger partial charge on any atom is 0.211 e. The predicted molar refractivity (Wildman–Crippen MR) is 34.0 cm³/mol. The summed E-state index contributed by atoms with van der Waals surface area (Å²) in [6.07, 6.45) is 0. The Kier molecular flexibility index (Phi) is 2.01. The normalized spacial score (nSPS) is 10.3. The van der Waals surface area contributed by atoms with Gasteiger partial charge in [0.05, 0.1) is 18.8 Å². The lowest BCUT2D eigenvalue weighted by atomic mass is 10.5. The number of halogens is 1. The minimum absolute atomic E-state index is 0.0853. The van der Waals surface area contributed by atoms with Gasteiger partial charge in [0.25, 0.3) is 0 Å². The molecule has 3 nitrogen and oxygen atoms in total. The van der Waals surface area contributed by atoms with Gasteiger partial charge in [-0.1, -0.05) is 0 Å². The Bertz CT molecular complexity index is 222. The van der Waals surface area contributed by atoms with Crippen LogP contribution in [0.5, 0.6) is 0 Å². The van der Waals surface area contributed by atoms with Crippen LogP contribution in [0.25, 0.3) is 0 Å². The molecule has 4 heteroatoms. The zero-order chi connectivity index (χ0) is 7.56.